The predicted octanol–water partition coefficient (Wildman–Crippen LogP) is 4.40. The van der Waals surface area contributed by atoms with E-state index in [1.54, 1.807) is 12.3 Å². The Bertz CT molecular complexity index is 1190. The van der Waals surface area contributed by atoms with E-state index in [1.807, 2.05) is 48.5 Å². The van der Waals surface area contributed by atoms with E-state index >= 15 is 0 Å². The zero-order chi connectivity index (χ0) is 20.4. The Morgan fingerprint density at radius 2 is 1.70 bits per heavy atom. The lowest BCUT2D eigenvalue weighted by Crippen LogP contribution is -2.12. The maximum atomic E-state index is 12.1. The molecule has 0 aliphatic carbocycles. The van der Waals surface area contributed by atoms with Crippen molar-refractivity contribution in [3.05, 3.63) is 78.5 Å². The van der Waals surface area contributed by atoms with Crippen LogP contribution in [0.15, 0.2) is 72.9 Å². The van der Waals surface area contributed by atoms with E-state index in [-0.39, 0.29) is 18.4 Å². The summed E-state index contributed by atoms with van der Waals surface area (Å²) in [4.78, 5) is 20.5. The summed E-state index contributed by atoms with van der Waals surface area (Å²) in [5.74, 6) is -0.247. The van der Waals surface area contributed by atoms with Gasteiger partial charge in [0.2, 0.25) is 11.9 Å². The molecule has 6 nitrogen and oxygen atoms in total. The van der Waals surface area contributed by atoms with E-state index in [0.717, 1.165) is 33.8 Å². The van der Waals surface area contributed by atoms with E-state index in [9.17, 15) is 4.79 Å². The minimum atomic E-state index is -0.461. The van der Waals surface area contributed by atoms with Gasteiger partial charge in [-0.1, -0.05) is 48.5 Å². The van der Waals surface area contributed by atoms with E-state index in [1.165, 1.54) is 0 Å². The van der Waals surface area contributed by atoms with Crippen LogP contribution in [-0.4, -0.2) is 20.4 Å². The lowest BCUT2D eigenvalue weighted by Gasteiger charge is -2.14. The van der Waals surface area contributed by atoms with Gasteiger partial charge in [0.1, 0.15) is 0 Å². The number of carbonyl (C=O) groups excluding carboxylic acids is 1. The SMILES string of the molecule is CCn1c(-c2ccnc(N)n2)cc(-c2ccccc2C(N)=O)c1-c1ccccc1.Cl. The van der Waals surface area contributed by atoms with Gasteiger partial charge in [0, 0.05) is 23.9 Å². The van der Waals surface area contributed by atoms with Crippen molar-refractivity contribution in [3.63, 3.8) is 0 Å². The molecule has 0 aliphatic heterocycles. The van der Waals surface area contributed by atoms with Gasteiger partial charge in [0.15, 0.2) is 0 Å². The van der Waals surface area contributed by atoms with Crippen LogP contribution in [0.5, 0.6) is 0 Å². The summed E-state index contributed by atoms with van der Waals surface area (Å²) >= 11 is 0. The largest absolute Gasteiger partial charge is 0.368 e. The first-order valence-corrected chi connectivity index (χ1v) is 9.37. The van der Waals surface area contributed by atoms with Crippen LogP contribution >= 0.6 is 12.4 Å². The first-order valence-electron chi connectivity index (χ1n) is 9.37. The zero-order valence-electron chi connectivity index (χ0n) is 16.4. The van der Waals surface area contributed by atoms with Crippen molar-refractivity contribution in [3.8, 4) is 33.8 Å². The van der Waals surface area contributed by atoms with Gasteiger partial charge in [-0.3, -0.25) is 4.79 Å². The van der Waals surface area contributed by atoms with Crippen LogP contribution in [0.1, 0.15) is 17.3 Å². The number of benzene rings is 2. The fourth-order valence-electron chi connectivity index (χ4n) is 3.65. The molecule has 2 aromatic heterocycles. The maximum absolute atomic E-state index is 12.1. The van der Waals surface area contributed by atoms with Gasteiger partial charge < -0.3 is 16.0 Å². The highest BCUT2D eigenvalue weighted by molar-refractivity contribution is 6.02. The summed E-state index contributed by atoms with van der Waals surface area (Å²) < 4.78 is 2.17. The van der Waals surface area contributed by atoms with Crippen molar-refractivity contribution in [1.29, 1.82) is 0 Å². The average Bonchev–Trinajstić information content (AvgIpc) is 3.14. The van der Waals surface area contributed by atoms with Crippen molar-refractivity contribution in [2.24, 2.45) is 5.73 Å². The van der Waals surface area contributed by atoms with Gasteiger partial charge in [-0.15, -0.1) is 12.4 Å². The Morgan fingerprint density at radius 1 is 1.00 bits per heavy atom. The van der Waals surface area contributed by atoms with Crippen molar-refractivity contribution in [2.45, 2.75) is 13.5 Å². The highest BCUT2D eigenvalue weighted by Crippen LogP contribution is 2.39. The topological polar surface area (TPSA) is 99.8 Å². The molecular weight excluding hydrogens is 398 g/mol. The molecular formula is C23H22ClN5O. The molecule has 0 saturated carbocycles. The van der Waals surface area contributed by atoms with Crippen LogP contribution in [0.25, 0.3) is 33.8 Å². The predicted molar refractivity (Wildman–Crippen MR) is 122 cm³/mol. The first-order chi connectivity index (χ1) is 14.1. The lowest BCUT2D eigenvalue weighted by molar-refractivity contribution is 0.100. The summed E-state index contributed by atoms with van der Waals surface area (Å²) in [5, 5.41) is 0. The third-order valence-corrected chi connectivity index (χ3v) is 4.88. The fraction of sp³-hybridized carbons (Fsp3) is 0.0870. The molecule has 0 spiro atoms. The normalized spacial score (nSPS) is 10.4. The number of hydrogen-bond donors (Lipinski definition) is 2. The number of anilines is 1. The van der Waals surface area contributed by atoms with Crippen LogP contribution in [0.3, 0.4) is 0 Å². The molecule has 30 heavy (non-hydrogen) atoms. The molecule has 0 aliphatic rings. The Kier molecular flexibility index (Phi) is 6.18. The standard InChI is InChI=1S/C23H21N5O.ClH/c1-2-28-20(19-12-13-26-23(25)27-19)14-18(21(28)15-8-4-3-5-9-15)16-10-6-7-11-17(16)22(24)29;/h3-14H,2H2,1H3,(H2,24,29)(H2,25,26,27);1H. The van der Waals surface area contributed by atoms with Crippen molar-refractivity contribution in [1.82, 2.24) is 14.5 Å². The first kappa shape index (κ1) is 21.1. The number of carbonyl (C=O) groups is 1. The van der Waals surface area contributed by atoms with Crippen molar-refractivity contribution >= 4 is 24.3 Å². The number of halogens is 1. The molecule has 2 aromatic carbocycles. The number of nitrogens with two attached hydrogens (primary N) is 2. The molecule has 0 saturated heterocycles. The second-order valence-corrected chi connectivity index (χ2v) is 6.61. The molecule has 0 unspecified atom stereocenters. The highest BCUT2D eigenvalue weighted by Gasteiger charge is 2.21. The molecule has 152 valence electrons. The Morgan fingerprint density at radius 3 is 2.37 bits per heavy atom. The summed E-state index contributed by atoms with van der Waals surface area (Å²) in [6.45, 7) is 2.78. The zero-order valence-corrected chi connectivity index (χ0v) is 17.3. The quantitative estimate of drug-likeness (QED) is 0.500. The highest BCUT2D eigenvalue weighted by atomic mass is 35.5. The van der Waals surface area contributed by atoms with Gasteiger partial charge in [-0.25, -0.2) is 9.97 Å². The monoisotopic (exact) mass is 419 g/mol. The summed E-state index contributed by atoms with van der Waals surface area (Å²) in [7, 11) is 0. The summed E-state index contributed by atoms with van der Waals surface area (Å²) in [6.07, 6.45) is 1.64. The fourth-order valence-corrected chi connectivity index (χ4v) is 3.65. The van der Waals surface area contributed by atoms with Crippen molar-refractivity contribution in [2.75, 3.05) is 5.73 Å². The second kappa shape index (κ2) is 8.80. The maximum Gasteiger partial charge on any atom is 0.249 e. The minimum absolute atomic E-state index is 0. The number of hydrogen-bond acceptors (Lipinski definition) is 4. The van der Waals surface area contributed by atoms with Gasteiger partial charge >= 0.3 is 0 Å². The molecule has 0 atom stereocenters. The second-order valence-electron chi connectivity index (χ2n) is 6.61. The molecule has 0 bridgehead atoms. The molecule has 0 fully saturated rings. The van der Waals surface area contributed by atoms with Gasteiger partial charge in [0.05, 0.1) is 17.1 Å². The number of aromatic nitrogens is 3. The van der Waals surface area contributed by atoms with Crippen molar-refractivity contribution < 1.29 is 4.79 Å². The van der Waals surface area contributed by atoms with Crippen LogP contribution in [-0.2, 0) is 6.54 Å². The van der Waals surface area contributed by atoms with Crippen LogP contribution in [0.4, 0.5) is 5.95 Å². The molecule has 4 aromatic rings. The van der Waals surface area contributed by atoms with Gasteiger partial charge in [-0.05, 0) is 36.2 Å². The summed E-state index contributed by atoms with van der Waals surface area (Å²) in [5.41, 5.74) is 17.3. The van der Waals surface area contributed by atoms with E-state index in [0.29, 0.717) is 12.1 Å². The Labute approximate surface area is 181 Å². The average molecular weight is 420 g/mol. The number of amides is 1. The van der Waals surface area contributed by atoms with Crippen LogP contribution in [0, 0.1) is 0 Å². The minimum Gasteiger partial charge on any atom is -0.368 e. The van der Waals surface area contributed by atoms with E-state index < -0.39 is 5.91 Å². The molecule has 2 heterocycles. The molecule has 0 radical (unpaired) electrons. The number of primary amides is 1. The number of nitrogens with zero attached hydrogens (tertiary/aromatic N) is 3. The van der Waals surface area contributed by atoms with E-state index in [2.05, 4.69) is 33.6 Å². The van der Waals surface area contributed by atoms with E-state index in [4.69, 9.17) is 11.5 Å². The Hall–Kier alpha value is -3.64. The Balaban J connectivity index is 0.00000256. The van der Waals surface area contributed by atoms with Gasteiger partial charge in [-0.2, -0.15) is 0 Å². The molecule has 7 heteroatoms. The van der Waals surface area contributed by atoms with Crippen LogP contribution < -0.4 is 11.5 Å². The third kappa shape index (κ3) is 3.77. The molecule has 1 amide bonds. The number of nitrogen functional groups attached to an aromatic ring is 1. The molecule has 4 rings (SSSR count). The molecule has 4 N–H and O–H groups in total. The van der Waals surface area contributed by atoms with Gasteiger partial charge in [0.25, 0.3) is 0 Å². The number of rotatable bonds is 5. The van der Waals surface area contributed by atoms with Crippen LogP contribution in [0.2, 0.25) is 0 Å². The lowest BCUT2D eigenvalue weighted by atomic mass is 9.96. The summed E-state index contributed by atoms with van der Waals surface area (Å²) in [6, 6.07) is 21.3. The smallest absolute Gasteiger partial charge is 0.249 e. The third-order valence-electron chi connectivity index (χ3n) is 4.88.